The Balaban J connectivity index is 3.20. The van der Waals surface area contributed by atoms with Crippen LogP contribution in [0.5, 0.6) is 0 Å². The van der Waals surface area contributed by atoms with Crippen molar-refractivity contribution in [2.45, 2.75) is 19.8 Å². The number of nitrogens with zero attached hydrogens (tertiary/aromatic N) is 3. The minimum atomic E-state index is -3.39. The van der Waals surface area contributed by atoms with Crippen LogP contribution >= 0.6 is 0 Å². The average Bonchev–Trinajstić information content (AvgIpc) is 2.27. The number of rotatable bonds is 5. The van der Waals surface area contributed by atoms with E-state index >= 15 is 0 Å². The number of hydrogen-bond donors (Lipinski definition) is 0. The van der Waals surface area contributed by atoms with Crippen molar-refractivity contribution < 1.29 is 13.2 Å². The summed E-state index contributed by atoms with van der Waals surface area (Å²) in [5.41, 5.74) is 0.973. The Kier molecular flexibility index (Phi) is 4.17. The predicted octanol–water partition coefficient (Wildman–Crippen LogP) is 0.637. The fraction of sp³-hybridized carbons (Fsp3) is 0.500. The largest absolute Gasteiger partial charge is 0.298 e. The Morgan fingerprint density at radius 1 is 1.47 bits per heavy atom. The number of carbonyl (C=O) groups is 1. The van der Waals surface area contributed by atoms with Crippen molar-refractivity contribution in [1.29, 1.82) is 0 Å². The summed E-state index contributed by atoms with van der Waals surface area (Å²) >= 11 is 0. The van der Waals surface area contributed by atoms with Crippen LogP contribution in [0, 0.1) is 0 Å². The molecule has 0 bridgehead atoms. The zero-order chi connectivity index (χ0) is 13.1. The molecule has 1 heterocycles. The lowest BCUT2D eigenvalue weighted by atomic mass is 10.1. The van der Waals surface area contributed by atoms with Crippen LogP contribution in [-0.2, 0) is 16.4 Å². The molecule has 0 saturated heterocycles. The van der Waals surface area contributed by atoms with E-state index in [0.29, 0.717) is 24.0 Å². The molecule has 7 heteroatoms. The van der Waals surface area contributed by atoms with Gasteiger partial charge in [-0.25, -0.2) is 22.7 Å². The Morgan fingerprint density at radius 2 is 2.12 bits per heavy atom. The number of carbonyl (C=O) groups excluding carboxylic acids is 1. The summed E-state index contributed by atoms with van der Waals surface area (Å²) in [5.74, 6) is 0.0848. The molecule has 1 aromatic heterocycles. The van der Waals surface area contributed by atoms with E-state index in [9.17, 15) is 13.2 Å². The SMILES string of the molecule is CCCc1nc(N(C)S(C)(=O)=O)ncc1C=O. The van der Waals surface area contributed by atoms with Gasteiger partial charge in [0, 0.05) is 13.2 Å². The normalized spacial score (nSPS) is 11.2. The average molecular weight is 257 g/mol. The molecule has 94 valence electrons. The van der Waals surface area contributed by atoms with Gasteiger partial charge in [0.1, 0.15) is 0 Å². The van der Waals surface area contributed by atoms with Crippen LogP contribution < -0.4 is 4.31 Å². The monoisotopic (exact) mass is 257 g/mol. The predicted molar refractivity (Wildman–Crippen MR) is 64.7 cm³/mol. The van der Waals surface area contributed by atoms with Crippen LogP contribution in [0.1, 0.15) is 29.4 Å². The van der Waals surface area contributed by atoms with Crippen LogP contribution in [-0.4, -0.2) is 38.0 Å². The van der Waals surface area contributed by atoms with Gasteiger partial charge in [-0.3, -0.25) is 4.79 Å². The summed E-state index contributed by atoms with van der Waals surface area (Å²) < 4.78 is 23.7. The molecule has 0 radical (unpaired) electrons. The Bertz CT molecular complexity index is 514. The minimum absolute atomic E-state index is 0.0848. The van der Waals surface area contributed by atoms with Gasteiger partial charge in [-0.05, 0) is 6.42 Å². The summed E-state index contributed by atoms with van der Waals surface area (Å²) in [4.78, 5) is 18.7. The van der Waals surface area contributed by atoms with Crippen molar-refractivity contribution in [2.24, 2.45) is 0 Å². The van der Waals surface area contributed by atoms with Gasteiger partial charge in [-0.2, -0.15) is 0 Å². The van der Waals surface area contributed by atoms with Crippen LogP contribution in [0.4, 0.5) is 5.95 Å². The van der Waals surface area contributed by atoms with E-state index in [1.54, 1.807) is 0 Å². The Hall–Kier alpha value is -1.50. The van der Waals surface area contributed by atoms with Crippen molar-refractivity contribution >= 4 is 22.3 Å². The van der Waals surface area contributed by atoms with Gasteiger partial charge in [-0.15, -0.1) is 0 Å². The molecular formula is C10H15N3O3S. The molecule has 0 spiro atoms. The molecule has 1 rings (SSSR count). The van der Waals surface area contributed by atoms with Gasteiger partial charge in [0.2, 0.25) is 16.0 Å². The molecule has 0 unspecified atom stereocenters. The molecule has 1 aromatic rings. The first-order valence-electron chi connectivity index (χ1n) is 5.15. The highest BCUT2D eigenvalue weighted by Crippen LogP contribution is 2.13. The fourth-order valence-corrected chi connectivity index (χ4v) is 1.64. The molecule has 0 aliphatic heterocycles. The van der Waals surface area contributed by atoms with E-state index < -0.39 is 10.0 Å². The van der Waals surface area contributed by atoms with Gasteiger partial charge in [0.05, 0.1) is 17.5 Å². The second kappa shape index (κ2) is 5.22. The van der Waals surface area contributed by atoms with E-state index in [-0.39, 0.29) is 5.95 Å². The molecule has 0 N–H and O–H groups in total. The summed E-state index contributed by atoms with van der Waals surface area (Å²) in [6.45, 7) is 1.96. The van der Waals surface area contributed by atoms with E-state index in [1.807, 2.05) is 6.92 Å². The van der Waals surface area contributed by atoms with Crippen molar-refractivity contribution in [1.82, 2.24) is 9.97 Å². The molecule has 0 saturated carbocycles. The molecule has 0 fully saturated rings. The lowest BCUT2D eigenvalue weighted by molar-refractivity contribution is 0.112. The number of sulfonamides is 1. The molecule has 0 aromatic carbocycles. The lowest BCUT2D eigenvalue weighted by Gasteiger charge is -2.15. The highest BCUT2D eigenvalue weighted by molar-refractivity contribution is 7.92. The van der Waals surface area contributed by atoms with Crippen molar-refractivity contribution in [3.05, 3.63) is 17.5 Å². The standard InChI is InChI=1S/C10H15N3O3S/c1-4-5-9-8(7-14)6-11-10(12-9)13(2)17(3,15)16/h6-7H,4-5H2,1-3H3. The Morgan fingerprint density at radius 3 is 2.59 bits per heavy atom. The summed E-state index contributed by atoms with van der Waals surface area (Å²) in [7, 11) is -2.01. The number of aromatic nitrogens is 2. The number of hydrogen-bond acceptors (Lipinski definition) is 5. The molecule has 0 aliphatic rings. The maximum absolute atomic E-state index is 11.3. The fourth-order valence-electron chi connectivity index (χ4n) is 1.25. The van der Waals surface area contributed by atoms with Gasteiger partial charge in [-0.1, -0.05) is 13.3 Å². The van der Waals surface area contributed by atoms with Gasteiger partial charge in [0.15, 0.2) is 6.29 Å². The first-order valence-corrected chi connectivity index (χ1v) is 7.00. The number of anilines is 1. The molecule has 0 amide bonds. The molecule has 0 atom stereocenters. The molecule has 0 aliphatic carbocycles. The third-order valence-corrected chi connectivity index (χ3v) is 3.44. The first-order chi connectivity index (χ1) is 7.90. The third-order valence-electron chi connectivity index (χ3n) is 2.28. The van der Waals surface area contributed by atoms with Crippen LogP contribution in [0.2, 0.25) is 0 Å². The van der Waals surface area contributed by atoms with Crippen molar-refractivity contribution in [3.63, 3.8) is 0 Å². The second-order valence-electron chi connectivity index (χ2n) is 3.67. The highest BCUT2D eigenvalue weighted by atomic mass is 32.2. The number of aldehydes is 1. The van der Waals surface area contributed by atoms with Gasteiger partial charge < -0.3 is 0 Å². The topological polar surface area (TPSA) is 80.2 Å². The van der Waals surface area contributed by atoms with Crippen molar-refractivity contribution in [3.8, 4) is 0 Å². The molecule has 6 nitrogen and oxygen atoms in total. The maximum atomic E-state index is 11.3. The van der Waals surface area contributed by atoms with E-state index in [2.05, 4.69) is 9.97 Å². The second-order valence-corrected chi connectivity index (χ2v) is 5.68. The van der Waals surface area contributed by atoms with E-state index in [1.165, 1.54) is 13.2 Å². The Labute approximate surface area is 101 Å². The van der Waals surface area contributed by atoms with Gasteiger partial charge >= 0.3 is 0 Å². The van der Waals surface area contributed by atoms with Gasteiger partial charge in [0.25, 0.3) is 0 Å². The lowest BCUT2D eigenvalue weighted by Crippen LogP contribution is -2.27. The summed E-state index contributed by atoms with van der Waals surface area (Å²) in [6.07, 6.45) is 4.53. The van der Waals surface area contributed by atoms with Crippen molar-refractivity contribution in [2.75, 3.05) is 17.6 Å². The smallest absolute Gasteiger partial charge is 0.239 e. The minimum Gasteiger partial charge on any atom is -0.298 e. The first kappa shape index (κ1) is 13.6. The van der Waals surface area contributed by atoms with E-state index in [0.717, 1.165) is 17.0 Å². The van der Waals surface area contributed by atoms with Crippen LogP contribution in [0.15, 0.2) is 6.20 Å². The quantitative estimate of drug-likeness (QED) is 0.723. The summed E-state index contributed by atoms with van der Waals surface area (Å²) in [5, 5.41) is 0. The summed E-state index contributed by atoms with van der Waals surface area (Å²) in [6, 6.07) is 0. The highest BCUT2D eigenvalue weighted by Gasteiger charge is 2.16. The zero-order valence-electron chi connectivity index (χ0n) is 10.0. The van der Waals surface area contributed by atoms with E-state index in [4.69, 9.17) is 0 Å². The third kappa shape index (κ3) is 3.23. The van der Waals surface area contributed by atoms with Crippen LogP contribution in [0.3, 0.4) is 0 Å². The molecular weight excluding hydrogens is 242 g/mol. The number of aryl methyl sites for hydroxylation is 1. The zero-order valence-corrected chi connectivity index (χ0v) is 10.9. The van der Waals surface area contributed by atoms with Crippen LogP contribution in [0.25, 0.3) is 0 Å². The molecule has 17 heavy (non-hydrogen) atoms. The maximum Gasteiger partial charge on any atom is 0.239 e.